The van der Waals surface area contributed by atoms with Gasteiger partial charge in [0.25, 0.3) is 0 Å². The van der Waals surface area contributed by atoms with E-state index in [0.717, 1.165) is 24.0 Å². The highest BCUT2D eigenvalue weighted by molar-refractivity contribution is 5.84. The van der Waals surface area contributed by atoms with Crippen molar-refractivity contribution in [1.82, 2.24) is 4.98 Å². The number of pyridine rings is 1. The number of carbonyl (C=O) groups is 1. The van der Waals surface area contributed by atoms with Gasteiger partial charge < -0.3 is 9.47 Å². The Morgan fingerprint density at radius 3 is 2.57 bits per heavy atom. The fourth-order valence-electron chi connectivity index (χ4n) is 2.90. The lowest BCUT2D eigenvalue weighted by molar-refractivity contribution is -0.560. The maximum Gasteiger partial charge on any atom is 0.391 e. The maximum atomic E-state index is 12.2. The van der Waals surface area contributed by atoms with Crippen LogP contribution in [0.2, 0.25) is 0 Å². The quantitative estimate of drug-likeness (QED) is 0.241. The second-order valence-corrected chi connectivity index (χ2v) is 6.86. The van der Waals surface area contributed by atoms with Crippen molar-refractivity contribution in [3.8, 4) is 5.75 Å². The Morgan fingerprint density at radius 2 is 1.89 bits per heavy atom. The molecule has 0 spiro atoms. The summed E-state index contributed by atoms with van der Waals surface area (Å²) in [6.07, 6.45) is 5.85. The summed E-state index contributed by atoms with van der Waals surface area (Å²) < 4.78 is 10.7. The third-order valence-corrected chi connectivity index (χ3v) is 4.71. The minimum atomic E-state index is -2.04. The molecule has 28 heavy (non-hydrogen) atoms. The number of fused-ring (bicyclic) bond motifs is 1. The molecular weight excluding hydrogens is 360 g/mol. The lowest BCUT2D eigenvalue weighted by atomic mass is 9.97. The summed E-state index contributed by atoms with van der Waals surface area (Å²) in [5.41, 5.74) is -1.43. The minimum Gasteiger partial charge on any atom is -0.494 e. The van der Waals surface area contributed by atoms with Gasteiger partial charge in [-0.1, -0.05) is 38.7 Å². The molecule has 7 heteroatoms. The smallest absolute Gasteiger partial charge is 0.391 e. The molecule has 0 N–H and O–H groups in total. The number of hydrogen-bond donors (Lipinski definition) is 0. The number of aromatic nitrogens is 1. The number of ether oxygens (including phenoxy) is 2. The van der Waals surface area contributed by atoms with Crippen LogP contribution in [0.5, 0.6) is 5.75 Å². The molecule has 0 aliphatic carbocycles. The zero-order valence-electron chi connectivity index (χ0n) is 16.8. The first-order chi connectivity index (χ1) is 13.4. The van der Waals surface area contributed by atoms with Crippen LogP contribution in [0.4, 0.5) is 0 Å². The van der Waals surface area contributed by atoms with Gasteiger partial charge in [-0.25, -0.2) is 9.78 Å². The first-order valence-corrected chi connectivity index (χ1v) is 9.79. The third kappa shape index (κ3) is 4.97. The van der Waals surface area contributed by atoms with Crippen molar-refractivity contribution in [2.24, 2.45) is 0 Å². The predicted molar refractivity (Wildman–Crippen MR) is 107 cm³/mol. The fourth-order valence-corrected chi connectivity index (χ4v) is 2.90. The van der Waals surface area contributed by atoms with E-state index < -0.39 is 16.4 Å². The van der Waals surface area contributed by atoms with Crippen LogP contribution in [0, 0.1) is 10.1 Å². The van der Waals surface area contributed by atoms with Crippen molar-refractivity contribution in [2.75, 3.05) is 13.2 Å². The zero-order valence-corrected chi connectivity index (χ0v) is 16.8. The average Bonchev–Trinajstić information content (AvgIpc) is 2.69. The van der Waals surface area contributed by atoms with Gasteiger partial charge in [-0.2, -0.15) is 0 Å². The highest BCUT2D eigenvalue weighted by Crippen LogP contribution is 2.28. The summed E-state index contributed by atoms with van der Waals surface area (Å²) in [5.74, 6) is -0.185. The summed E-state index contributed by atoms with van der Waals surface area (Å²) in [6, 6.07) is 8.60. The molecule has 0 bridgehead atoms. The third-order valence-electron chi connectivity index (χ3n) is 4.71. The normalized spacial score (nSPS) is 13.1. The number of unbranched alkanes of at least 4 members (excludes halogenated alkanes) is 4. The van der Waals surface area contributed by atoms with Crippen LogP contribution in [0.1, 0.15) is 58.6 Å². The van der Waals surface area contributed by atoms with E-state index in [2.05, 4.69) is 11.9 Å². The van der Waals surface area contributed by atoms with Gasteiger partial charge in [-0.15, -0.1) is 0 Å². The summed E-state index contributed by atoms with van der Waals surface area (Å²) in [6.45, 7) is 5.73. The number of hydrogen-bond acceptors (Lipinski definition) is 6. The van der Waals surface area contributed by atoms with Crippen LogP contribution in [0.25, 0.3) is 10.9 Å². The van der Waals surface area contributed by atoms with E-state index in [0.29, 0.717) is 12.1 Å². The topological polar surface area (TPSA) is 91.6 Å². The molecule has 1 heterocycles. The molecule has 0 aliphatic rings. The largest absolute Gasteiger partial charge is 0.494 e. The maximum absolute atomic E-state index is 12.2. The van der Waals surface area contributed by atoms with Crippen LogP contribution in [0.3, 0.4) is 0 Å². The van der Waals surface area contributed by atoms with E-state index in [4.69, 9.17) is 9.47 Å². The standard InChI is InChI=1S/C21H28N2O5/c1-4-6-7-8-9-14-28-17-11-12-18-16(15-17)10-13-19(22-18)21(3,23(25)26)20(24)27-5-2/h10-13,15H,4-9,14H2,1-3H3/t21-/m0/s1. The molecule has 0 saturated heterocycles. The van der Waals surface area contributed by atoms with Crippen molar-refractivity contribution in [3.05, 3.63) is 46.1 Å². The van der Waals surface area contributed by atoms with Gasteiger partial charge in [0.15, 0.2) is 0 Å². The fraction of sp³-hybridized carbons (Fsp3) is 0.524. The lowest BCUT2D eigenvalue weighted by Crippen LogP contribution is -2.42. The SMILES string of the molecule is CCCCCCCOc1ccc2nc([C@@](C)(C(=O)OCC)[N+](=O)[O-])ccc2c1. The van der Waals surface area contributed by atoms with Crippen molar-refractivity contribution in [3.63, 3.8) is 0 Å². The Hall–Kier alpha value is -2.70. The van der Waals surface area contributed by atoms with Gasteiger partial charge >= 0.3 is 11.5 Å². The summed E-state index contributed by atoms with van der Waals surface area (Å²) >= 11 is 0. The minimum absolute atomic E-state index is 0.0491. The van der Waals surface area contributed by atoms with E-state index in [9.17, 15) is 14.9 Å². The Labute approximate surface area is 165 Å². The van der Waals surface area contributed by atoms with Crippen LogP contribution >= 0.6 is 0 Å². The molecule has 0 aliphatic heterocycles. The number of nitro groups is 1. The Morgan fingerprint density at radius 1 is 1.14 bits per heavy atom. The summed E-state index contributed by atoms with van der Waals surface area (Å²) in [7, 11) is 0. The van der Waals surface area contributed by atoms with E-state index in [1.807, 2.05) is 6.07 Å². The molecule has 152 valence electrons. The average molecular weight is 388 g/mol. The highest BCUT2D eigenvalue weighted by Gasteiger charge is 2.51. The highest BCUT2D eigenvalue weighted by atomic mass is 16.6. The van der Waals surface area contributed by atoms with Gasteiger partial charge in [-0.3, -0.25) is 10.1 Å². The number of nitrogens with zero attached hydrogens (tertiary/aromatic N) is 2. The summed E-state index contributed by atoms with van der Waals surface area (Å²) in [5, 5.41) is 12.4. The second-order valence-electron chi connectivity index (χ2n) is 6.86. The Bertz CT molecular complexity index is 824. The molecule has 2 rings (SSSR count). The van der Waals surface area contributed by atoms with Crippen LogP contribution in [-0.4, -0.2) is 29.1 Å². The van der Waals surface area contributed by atoms with Crippen molar-refractivity contribution < 1.29 is 19.2 Å². The van der Waals surface area contributed by atoms with Crippen molar-refractivity contribution >= 4 is 16.9 Å². The molecule has 7 nitrogen and oxygen atoms in total. The molecule has 0 amide bonds. The van der Waals surface area contributed by atoms with Crippen molar-refractivity contribution in [1.29, 1.82) is 0 Å². The number of rotatable bonds is 11. The van der Waals surface area contributed by atoms with Gasteiger partial charge in [0, 0.05) is 17.2 Å². The van der Waals surface area contributed by atoms with Crippen LogP contribution < -0.4 is 4.74 Å². The molecule has 0 radical (unpaired) electrons. The Balaban J connectivity index is 2.15. The number of carbonyl (C=O) groups excluding carboxylic acids is 1. The molecule has 0 unspecified atom stereocenters. The first kappa shape index (κ1) is 21.6. The predicted octanol–water partition coefficient (Wildman–Crippen LogP) is 4.64. The molecule has 0 saturated carbocycles. The second kappa shape index (κ2) is 10.0. The molecule has 2 aromatic rings. The van der Waals surface area contributed by atoms with E-state index in [1.54, 1.807) is 25.1 Å². The van der Waals surface area contributed by atoms with Crippen LogP contribution in [0.15, 0.2) is 30.3 Å². The zero-order chi connectivity index (χ0) is 20.6. The molecule has 1 aromatic heterocycles. The van der Waals surface area contributed by atoms with Gasteiger partial charge in [-0.05, 0) is 37.6 Å². The van der Waals surface area contributed by atoms with Crippen molar-refractivity contribution in [2.45, 2.75) is 58.4 Å². The molecule has 0 fully saturated rings. The van der Waals surface area contributed by atoms with Crippen LogP contribution in [-0.2, 0) is 15.1 Å². The molecular formula is C21H28N2O5. The van der Waals surface area contributed by atoms with E-state index >= 15 is 0 Å². The van der Waals surface area contributed by atoms with E-state index in [-0.39, 0.29) is 12.3 Å². The monoisotopic (exact) mass is 388 g/mol. The number of esters is 1. The summed E-state index contributed by atoms with van der Waals surface area (Å²) in [4.78, 5) is 27.5. The van der Waals surface area contributed by atoms with E-state index in [1.165, 1.54) is 32.3 Å². The lowest BCUT2D eigenvalue weighted by Gasteiger charge is -2.18. The Kier molecular flexibility index (Phi) is 7.72. The first-order valence-electron chi connectivity index (χ1n) is 9.79. The van der Waals surface area contributed by atoms with Gasteiger partial charge in [0.2, 0.25) is 0 Å². The molecule has 1 aromatic carbocycles. The molecule has 1 atom stereocenters. The van der Waals surface area contributed by atoms with Gasteiger partial charge in [0.1, 0.15) is 11.4 Å². The van der Waals surface area contributed by atoms with Gasteiger partial charge in [0.05, 0.1) is 18.7 Å². The number of benzene rings is 1.